The molecule has 0 aliphatic carbocycles. The predicted octanol–water partition coefficient (Wildman–Crippen LogP) is 2.03. The number of aliphatic hydroxyl groups excluding tert-OH is 1. The molecule has 0 aliphatic rings. The third kappa shape index (κ3) is 3.74. The molecular weight excluding hydrogens is 230 g/mol. The summed E-state index contributed by atoms with van der Waals surface area (Å²) in [4.78, 5) is 11.9. The van der Waals surface area contributed by atoms with E-state index < -0.39 is 6.10 Å². The molecule has 1 atom stereocenters. The first-order valence-electron chi connectivity index (χ1n) is 6.24. The fourth-order valence-electron chi connectivity index (χ4n) is 1.74. The van der Waals surface area contributed by atoms with Gasteiger partial charge >= 0.3 is 0 Å². The highest BCUT2D eigenvalue weighted by Crippen LogP contribution is 2.19. The fourth-order valence-corrected chi connectivity index (χ4v) is 1.74. The van der Waals surface area contributed by atoms with Crippen LogP contribution in [0.4, 0.5) is 0 Å². The maximum atomic E-state index is 11.9. The lowest BCUT2D eigenvalue weighted by Crippen LogP contribution is -2.37. The number of methoxy groups -OCH3 is 1. The number of nitrogens with one attached hydrogen (secondary N) is 1. The van der Waals surface area contributed by atoms with E-state index in [2.05, 4.69) is 5.32 Å². The number of carbonyl (C=O) groups excluding carboxylic acids is 1. The number of hydrogen-bond acceptors (Lipinski definition) is 3. The molecule has 18 heavy (non-hydrogen) atoms. The molecule has 0 saturated carbocycles. The molecule has 1 amide bonds. The van der Waals surface area contributed by atoms with Gasteiger partial charge in [0.2, 0.25) is 0 Å². The predicted molar refractivity (Wildman–Crippen MR) is 70.5 cm³/mol. The molecule has 4 nitrogen and oxygen atoms in total. The quantitative estimate of drug-likeness (QED) is 0.813. The number of amides is 1. The van der Waals surface area contributed by atoms with E-state index in [0.717, 1.165) is 12.8 Å². The van der Waals surface area contributed by atoms with Gasteiger partial charge in [0.25, 0.3) is 5.91 Å². The SMILES string of the molecule is CCC(CC)NC(=O)C(O)c1cccc(OC)c1. The van der Waals surface area contributed by atoms with E-state index in [0.29, 0.717) is 11.3 Å². The van der Waals surface area contributed by atoms with Crippen LogP contribution >= 0.6 is 0 Å². The van der Waals surface area contributed by atoms with Gasteiger partial charge in [0, 0.05) is 6.04 Å². The first kappa shape index (κ1) is 14.5. The van der Waals surface area contributed by atoms with E-state index in [9.17, 15) is 9.90 Å². The first-order valence-corrected chi connectivity index (χ1v) is 6.24. The maximum Gasteiger partial charge on any atom is 0.253 e. The van der Waals surface area contributed by atoms with E-state index in [1.165, 1.54) is 0 Å². The van der Waals surface area contributed by atoms with E-state index in [1.54, 1.807) is 31.4 Å². The van der Waals surface area contributed by atoms with Gasteiger partial charge in [-0.1, -0.05) is 26.0 Å². The zero-order valence-electron chi connectivity index (χ0n) is 11.1. The van der Waals surface area contributed by atoms with E-state index in [-0.39, 0.29) is 11.9 Å². The minimum atomic E-state index is -1.15. The van der Waals surface area contributed by atoms with Crippen molar-refractivity contribution in [1.29, 1.82) is 0 Å². The second kappa shape index (κ2) is 7.01. The Morgan fingerprint density at radius 1 is 1.39 bits per heavy atom. The minimum absolute atomic E-state index is 0.109. The summed E-state index contributed by atoms with van der Waals surface area (Å²) in [7, 11) is 1.55. The Bertz CT molecular complexity index is 388. The normalized spacial score (nSPS) is 12.3. The molecule has 2 N–H and O–H groups in total. The number of aliphatic hydroxyl groups is 1. The third-order valence-electron chi connectivity index (χ3n) is 2.99. The third-order valence-corrected chi connectivity index (χ3v) is 2.99. The molecule has 0 saturated heterocycles. The van der Waals surface area contributed by atoms with Gasteiger partial charge in [-0.15, -0.1) is 0 Å². The van der Waals surface area contributed by atoms with E-state index in [1.807, 2.05) is 13.8 Å². The summed E-state index contributed by atoms with van der Waals surface area (Å²) in [6.45, 7) is 4.01. The van der Waals surface area contributed by atoms with Gasteiger partial charge in [-0.3, -0.25) is 4.79 Å². The highest BCUT2D eigenvalue weighted by Gasteiger charge is 2.19. The molecule has 0 aromatic heterocycles. The van der Waals surface area contributed by atoms with Crippen molar-refractivity contribution >= 4 is 5.91 Å². The van der Waals surface area contributed by atoms with Gasteiger partial charge in [-0.2, -0.15) is 0 Å². The van der Waals surface area contributed by atoms with Crippen molar-refractivity contribution in [2.75, 3.05) is 7.11 Å². The topological polar surface area (TPSA) is 58.6 Å². The second-order valence-corrected chi connectivity index (χ2v) is 4.20. The molecule has 0 bridgehead atoms. The number of rotatable bonds is 6. The average Bonchev–Trinajstić information content (AvgIpc) is 2.43. The van der Waals surface area contributed by atoms with Crippen molar-refractivity contribution in [3.05, 3.63) is 29.8 Å². The maximum absolute atomic E-state index is 11.9. The molecule has 0 heterocycles. The van der Waals surface area contributed by atoms with Crippen molar-refractivity contribution in [3.63, 3.8) is 0 Å². The van der Waals surface area contributed by atoms with Crippen LogP contribution in [0, 0.1) is 0 Å². The Hall–Kier alpha value is -1.55. The van der Waals surface area contributed by atoms with Gasteiger partial charge < -0.3 is 15.2 Å². The first-order chi connectivity index (χ1) is 8.62. The number of ether oxygens (including phenoxy) is 1. The lowest BCUT2D eigenvalue weighted by molar-refractivity contribution is -0.130. The molecule has 100 valence electrons. The number of benzene rings is 1. The number of hydrogen-bond donors (Lipinski definition) is 2. The van der Waals surface area contributed by atoms with Crippen LogP contribution in [0.1, 0.15) is 38.4 Å². The van der Waals surface area contributed by atoms with Gasteiger partial charge in [-0.05, 0) is 30.5 Å². The molecule has 0 fully saturated rings. The molecule has 1 unspecified atom stereocenters. The molecule has 1 aromatic rings. The zero-order valence-corrected chi connectivity index (χ0v) is 11.1. The second-order valence-electron chi connectivity index (χ2n) is 4.20. The van der Waals surface area contributed by atoms with Crippen molar-refractivity contribution < 1.29 is 14.6 Å². The summed E-state index contributed by atoms with van der Waals surface area (Å²) >= 11 is 0. The Labute approximate surface area is 108 Å². The molecule has 4 heteroatoms. The van der Waals surface area contributed by atoms with Crippen molar-refractivity contribution in [1.82, 2.24) is 5.32 Å². The Balaban J connectivity index is 2.73. The monoisotopic (exact) mass is 251 g/mol. The summed E-state index contributed by atoms with van der Waals surface area (Å²) in [6, 6.07) is 7.01. The van der Waals surface area contributed by atoms with Gasteiger partial charge in [0.15, 0.2) is 6.10 Å². The smallest absolute Gasteiger partial charge is 0.253 e. The number of carbonyl (C=O) groups is 1. The van der Waals surface area contributed by atoms with E-state index in [4.69, 9.17) is 4.74 Å². The molecule has 0 spiro atoms. The average molecular weight is 251 g/mol. The van der Waals surface area contributed by atoms with Crippen LogP contribution in [0.3, 0.4) is 0 Å². The van der Waals surface area contributed by atoms with Gasteiger partial charge in [-0.25, -0.2) is 0 Å². The van der Waals surface area contributed by atoms with Crippen molar-refractivity contribution in [2.24, 2.45) is 0 Å². The van der Waals surface area contributed by atoms with Crippen LogP contribution < -0.4 is 10.1 Å². The summed E-state index contributed by atoms with van der Waals surface area (Å²) in [6.07, 6.45) is 0.556. The lowest BCUT2D eigenvalue weighted by atomic mass is 10.1. The summed E-state index contributed by atoms with van der Waals surface area (Å²) in [5.74, 6) is 0.263. The van der Waals surface area contributed by atoms with Crippen LogP contribution in [0.5, 0.6) is 5.75 Å². The Kier molecular flexibility index (Phi) is 5.65. The zero-order chi connectivity index (χ0) is 13.5. The van der Waals surface area contributed by atoms with Gasteiger partial charge in [0.1, 0.15) is 5.75 Å². The molecule has 0 radical (unpaired) electrons. The highest BCUT2D eigenvalue weighted by atomic mass is 16.5. The van der Waals surface area contributed by atoms with Crippen LogP contribution in [0.15, 0.2) is 24.3 Å². The van der Waals surface area contributed by atoms with Crippen molar-refractivity contribution in [2.45, 2.75) is 38.8 Å². The highest BCUT2D eigenvalue weighted by molar-refractivity contribution is 5.82. The van der Waals surface area contributed by atoms with Gasteiger partial charge in [0.05, 0.1) is 7.11 Å². The Morgan fingerprint density at radius 2 is 2.06 bits per heavy atom. The van der Waals surface area contributed by atoms with Crippen molar-refractivity contribution in [3.8, 4) is 5.75 Å². The fraction of sp³-hybridized carbons (Fsp3) is 0.500. The van der Waals surface area contributed by atoms with E-state index >= 15 is 0 Å². The summed E-state index contributed by atoms with van der Waals surface area (Å²) in [5, 5.41) is 12.8. The molecule has 1 rings (SSSR count). The van der Waals surface area contributed by atoms with Crippen LogP contribution in [0.25, 0.3) is 0 Å². The lowest BCUT2D eigenvalue weighted by Gasteiger charge is -2.18. The molecular formula is C14H21NO3. The molecule has 1 aromatic carbocycles. The standard InChI is InChI=1S/C14H21NO3/c1-4-11(5-2)15-14(17)13(16)10-7-6-8-12(9-10)18-3/h6-9,11,13,16H,4-5H2,1-3H3,(H,15,17). The molecule has 0 aliphatic heterocycles. The largest absolute Gasteiger partial charge is 0.497 e. The van der Waals surface area contributed by atoms with Crippen LogP contribution in [-0.2, 0) is 4.79 Å². The summed E-state index contributed by atoms with van der Waals surface area (Å²) in [5.41, 5.74) is 0.540. The van der Waals surface area contributed by atoms with Crippen LogP contribution in [0.2, 0.25) is 0 Å². The van der Waals surface area contributed by atoms with Crippen LogP contribution in [-0.4, -0.2) is 24.2 Å². The minimum Gasteiger partial charge on any atom is -0.497 e. The Morgan fingerprint density at radius 3 is 2.61 bits per heavy atom. The summed E-state index contributed by atoms with van der Waals surface area (Å²) < 4.78 is 5.07.